The van der Waals surface area contributed by atoms with Crippen molar-refractivity contribution in [2.24, 2.45) is 0 Å². The normalized spacial score (nSPS) is 10.5. The molecule has 1 rings (SSSR count). The van der Waals surface area contributed by atoms with Crippen molar-refractivity contribution in [2.45, 2.75) is 26.3 Å². The summed E-state index contributed by atoms with van der Waals surface area (Å²) < 4.78 is 0.675. The molecular weight excluding hydrogens is 340 g/mol. The van der Waals surface area contributed by atoms with Crippen molar-refractivity contribution in [3.05, 3.63) is 28.2 Å². The molecule has 0 unspecified atom stereocenters. The highest BCUT2D eigenvalue weighted by Gasteiger charge is 2.19. The Kier molecular flexibility index (Phi) is 6.64. The number of hydrogen-bond donors (Lipinski definition) is 3. The van der Waals surface area contributed by atoms with Crippen LogP contribution in [0.4, 0.5) is 10.5 Å². The number of nitrogens with one attached hydrogen (secondary N) is 1. The number of urea groups is 1. The van der Waals surface area contributed by atoms with Gasteiger partial charge in [-0.2, -0.15) is 0 Å². The molecule has 0 heterocycles. The first-order valence-electron chi connectivity index (χ1n) is 6.58. The van der Waals surface area contributed by atoms with E-state index < -0.39 is 5.97 Å². The van der Waals surface area contributed by atoms with Gasteiger partial charge in [-0.3, -0.25) is 0 Å². The Labute approximate surface area is 131 Å². The zero-order valence-electron chi connectivity index (χ0n) is 12.0. The van der Waals surface area contributed by atoms with Gasteiger partial charge in [0.2, 0.25) is 0 Å². The van der Waals surface area contributed by atoms with Crippen molar-refractivity contribution < 1.29 is 19.8 Å². The third-order valence-electron chi connectivity index (χ3n) is 2.89. The summed E-state index contributed by atoms with van der Waals surface area (Å²) in [6.07, 6.45) is 0.468. The van der Waals surface area contributed by atoms with E-state index in [2.05, 4.69) is 21.2 Å². The second kappa shape index (κ2) is 7.99. The number of aliphatic hydroxyl groups is 1. The van der Waals surface area contributed by atoms with Gasteiger partial charge in [-0.15, -0.1) is 0 Å². The third kappa shape index (κ3) is 5.02. The Bertz CT molecular complexity index is 520. The molecular formula is C14H19BrN2O4. The standard InChI is InChI=1S/C14H19BrN2O4/c1-9(2)17(6-3-7-18)14(21)16-12-8-10(15)4-5-11(12)13(19)20/h4-5,8-9,18H,3,6-7H2,1-2H3,(H,16,21)(H,19,20). The van der Waals surface area contributed by atoms with E-state index in [1.807, 2.05) is 13.8 Å². The van der Waals surface area contributed by atoms with Crippen molar-refractivity contribution in [1.82, 2.24) is 4.90 Å². The van der Waals surface area contributed by atoms with Crippen LogP contribution in [0.25, 0.3) is 0 Å². The van der Waals surface area contributed by atoms with E-state index in [4.69, 9.17) is 10.2 Å². The van der Waals surface area contributed by atoms with Gasteiger partial charge < -0.3 is 20.4 Å². The lowest BCUT2D eigenvalue weighted by molar-refractivity contribution is 0.0698. The molecule has 0 atom stereocenters. The Morgan fingerprint density at radius 1 is 1.38 bits per heavy atom. The average molecular weight is 359 g/mol. The number of benzene rings is 1. The second-order valence-corrected chi connectivity index (χ2v) is 5.71. The maximum absolute atomic E-state index is 12.3. The van der Waals surface area contributed by atoms with Crippen LogP contribution in [0.2, 0.25) is 0 Å². The van der Waals surface area contributed by atoms with Crippen LogP contribution in [0.15, 0.2) is 22.7 Å². The van der Waals surface area contributed by atoms with Crippen molar-refractivity contribution in [3.63, 3.8) is 0 Å². The Morgan fingerprint density at radius 3 is 2.57 bits per heavy atom. The number of anilines is 1. The number of carbonyl (C=O) groups excluding carboxylic acids is 1. The first-order chi connectivity index (χ1) is 9.86. The highest BCUT2D eigenvalue weighted by Crippen LogP contribution is 2.22. The minimum absolute atomic E-state index is 0.00619. The van der Waals surface area contributed by atoms with Gasteiger partial charge in [-0.25, -0.2) is 9.59 Å². The lowest BCUT2D eigenvalue weighted by Crippen LogP contribution is -2.41. The summed E-state index contributed by atoms with van der Waals surface area (Å²) >= 11 is 3.25. The topological polar surface area (TPSA) is 89.9 Å². The zero-order chi connectivity index (χ0) is 16.0. The summed E-state index contributed by atoms with van der Waals surface area (Å²) in [5, 5.41) is 20.6. The van der Waals surface area contributed by atoms with Crippen molar-refractivity contribution in [2.75, 3.05) is 18.5 Å². The Hall–Kier alpha value is -1.60. The first-order valence-corrected chi connectivity index (χ1v) is 7.37. The summed E-state index contributed by atoms with van der Waals surface area (Å²) in [5.74, 6) is -1.11. The number of amides is 2. The van der Waals surface area contributed by atoms with Crippen LogP contribution in [0.3, 0.4) is 0 Å². The summed E-state index contributed by atoms with van der Waals surface area (Å²) in [5.41, 5.74) is 0.258. The molecule has 0 aliphatic heterocycles. The molecule has 6 nitrogen and oxygen atoms in total. The minimum Gasteiger partial charge on any atom is -0.478 e. The van der Waals surface area contributed by atoms with E-state index in [0.29, 0.717) is 17.4 Å². The van der Waals surface area contributed by atoms with Gasteiger partial charge in [0, 0.05) is 23.7 Å². The van der Waals surface area contributed by atoms with Gasteiger partial charge in [0.1, 0.15) is 0 Å². The van der Waals surface area contributed by atoms with E-state index in [0.717, 1.165) is 0 Å². The number of carboxylic acid groups (broad SMARTS) is 1. The Morgan fingerprint density at radius 2 is 2.05 bits per heavy atom. The van der Waals surface area contributed by atoms with Gasteiger partial charge in [0.15, 0.2) is 0 Å². The monoisotopic (exact) mass is 358 g/mol. The van der Waals surface area contributed by atoms with Gasteiger partial charge in [0.25, 0.3) is 0 Å². The third-order valence-corrected chi connectivity index (χ3v) is 3.39. The molecule has 0 aromatic heterocycles. The molecule has 0 saturated heterocycles. The second-order valence-electron chi connectivity index (χ2n) is 4.79. The predicted molar refractivity (Wildman–Crippen MR) is 83.7 cm³/mol. The van der Waals surface area contributed by atoms with E-state index >= 15 is 0 Å². The summed E-state index contributed by atoms with van der Waals surface area (Å²) in [6, 6.07) is 4.13. The fourth-order valence-electron chi connectivity index (χ4n) is 1.83. The number of aromatic carboxylic acids is 1. The molecule has 0 aliphatic rings. The summed E-state index contributed by atoms with van der Waals surface area (Å²) in [7, 11) is 0. The SMILES string of the molecule is CC(C)N(CCCO)C(=O)Nc1cc(Br)ccc1C(=O)O. The van der Waals surface area contributed by atoms with Crippen LogP contribution in [0.5, 0.6) is 0 Å². The molecule has 3 N–H and O–H groups in total. The van der Waals surface area contributed by atoms with Gasteiger partial charge >= 0.3 is 12.0 Å². The molecule has 1 aromatic rings. The molecule has 0 bridgehead atoms. The summed E-state index contributed by atoms with van der Waals surface area (Å²) in [4.78, 5) is 25.0. The number of hydrogen-bond acceptors (Lipinski definition) is 3. The molecule has 21 heavy (non-hydrogen) atoms. The van der Waals surface area contributed by atoms with Crippen molar-refractivity contribution >= 4 is 33.6 Å². The number of halogens is 1. The van der Waals surface area contributed by atoms with Crippen molar-refractivity contribution in [1.29, 1.82) is 0 Å². The van der Waals surface area contributed by atoms with E-state index in [1.165, 1.54) is 6.07 Å². The predicted octanol–water partition coefficient (Wildman–Crippen LogP) is 2.77. The largest absolute Gasteiger partial charge is 0.478 e. The number of carbonyl (C=O) groups is 2. The molecule has 0 fully saturated rings. The highest BCUT2D eigenvalue weighted by molar-refractivity contribution is 9.10. The highest BCUT2D eigenvalue weighted by atomic mass is 79.9. The molecule has 0 saturated carbocycles. The minimum atomic E-state index is -1.11. The average Bonchev–Trinajstić information content (AvgIpc) is 2.38. The van der Waals surface area contributed by atoms with Gasteiger partial charge in [-0.05, 0) is 38.5 Å². The van der Waals surface area contributed by atoms with Crippen LogP contribution >= 0.6 is 15.9 Å². The fourth-order valence-corrected chi connectivity index (χ4v) is 2.19. The molecule has 0 spiro atoms. The lowest BCUT2D eigenvalue weighted by Gasteiger charge is -2.27. The van der Waals surface area contributed by atoms with Crippen LogP contribution in [0.1, 0.15) is 30.6 Å². The molecule has 7 heteroatoms. The lowest BCUT2D eigenvalue weighted by atomic mass is 10.2. The quantitative estimate of drug-likeness (QED) is 0.729. The van der Waals surface area contributed by atoms with Crippen LogP contribution in [0, 0.1) is 0 Å². The van der Waals surface area contributed by atoms with E-state index in [1.54, 1.807) is 17.0 Å². The molecule has 2 amide bonds. The number of carboxylic acids is 1. The molecule has 0 aliphatic carbocycles. The maximum Gasteiger partial charge on any atom is 0.337 e. The molecule has 116 valence electrons. The fraction of sp³-hybridized carbons (Fsp3) is 0.429. The van der Waals surface area contributed by atoms with Crippen LogP contribution < -0.4 is 5.32 Å². The number of nitrogens with zero attached hydrogens (tertiary/aromatic N) is 1. The zero-order valence-corrected chi connectivity index (χ0v) is 13.6. The first kappa shape index (κ1) is 17.5. The molecule has 0 radical (unpaired) electrons. The molecule has 1 aromatic carbocycles. The van der Waals surface area contributed by atoms with Crippen LogP contribution in [-0.2, 0) is 0 Å². The van der Waals surface area contributed by atoms with Gasteiger partial charge in [-0.1, -0.05) is 15.9 Å². The van der Waals surface area contributed by atoms with Gasteiger partial charge in [0.05, 0.1) is 11.3 Å². The Balaban J connectivity index is 2.95. The van der Waals surface area contributed by atoms with Crippen molar-refractivity contribution in [3.8, 4) is 0 Å². The number of rotatable bonds is 6. The maximum atomic E-state index is 12.3. The summed E-state index contributed by atoms with van der Waals surface area (Å²) in [6.45, 7) is 4.11. The van der Waals surface area contributed by atoms with E-state index in [-0.39, 0.29) is 29.9 Å². The van der Waals surface area contributed by atoms with Crippen LogP contribution in [-0.4, -0.2) is 46.3 Å². The smallest absolute Gasteiger partial charge is 0.337 e. The van der Waals surface area contributed by atoms with E-state index in [9.17, 15) is 9.59 Å². The number of aliphatic hydroxyl groups excluding tert-OH is 1.